The van der Waals surface area contributed by atoms with Crippen LogP contribution >= 0.6 is 0 Å². The fraction of sp³-hybridized carbons (Fsp3) is 0.500. The van der Waals surface area contributed by atoms with Crippen LogP contribution < -0.4 is 14.8 Å². The first kappa shape index (κ1) is 15.6. The van der Waals surface area contributed by atoms with E-state index in [0.717, 1.165) is 18.0 Å². The van der Waals surface area contributed by atoms with E-state index in [9.17, 15) is 0 Å². The number of hydrogen-bond donors (Lipinski definition) is 1. The quantitative estimate of drug-likeness (QED) is 0.728. The third-order valence-corrected chi connectivity index (χ3v) is 2.59. The van der Waals surface area contributed by atoms with Crippen molar-refractivity contribution in [2.24, 2.45) is 0 Å². The summed E-state index contributed by atoms with van der Waals surface area (Å²) in [5.74, 6) is 1.61. The SMILES string of the molecule is C/C=C/COc1ccc(CNC(C)C)cc1OCC. The van der Waals surface area contributed by atoms with Gasteiger partial charge >= 0.3 is 0 Å². The molecule has 0 heterocycles. The van der Waals surface area contributed by atoms with Crippen LogP contribution in [0.4, 0.5) is 0 Å². The Morgan fingerprint density at radius 1 is 1.21 bits per heavy atom. The van der Waals surface area contributed by atoms with Crippen LogP contribution in [0, 0.1) is 0 Å². The Labute approximate surface area is 116 Å². The van der Waals surface area contributed by atoms with Gasteiger partial charge in [0.25, 0.3) is 0 Å². The third kappa shape index (κ3) is 5.79. The molecule has 0 radical (unpaired) electrons. The minimum Gasteiger partial charge on any atom is -0.490 e. The molecule has 1 rings (SSSR count). The van der Waals surface area contributed by atoms with E-state index in [1.54, 1.807) is 0 Å². The summed E-state index contributed by atoms with van der Waals surface area (Å²) in [6.45, 7) is 10.3. The molecule has 3 nitrogen and oxygen atoms in total. The van der Waals surface area contributed by atoms with Crippen LogP contribution in [0.3, 0.4) is 0 Å². The van der Waals surface area contributed by atoms with Crippen molar-refractivity contribution in [1.82, 2.24) is 5.32 Å². The molecule has 0 spiro atoms. The van der Waals surface area contributed by atoms with Crippen LogP contribution in [0.15, 0.2) is 30.4 Å². The van der Waals surface area contributed by atoms with Crippen molar-refractivity contribution in [3.63, 3.8) is 0 Å². The van der Waals surface area contributed by atoms with Gasteiger partial charge in [-0.1, -0.05) is 32.1 Å². The Kier molecular flexibility index (Phi) is 7.04. The molecule has 0 amide bonds. The summed E-state index contributed by atoms with van der Waals surface area (Å²) in [6, 6.07) is 6.57. The Hall–Kier alpha value is -1.48. The maximum atomic E-state index is 5.68. The normalized spacial score (nSPS) is 11.2. The number of nitrogens with one attached hydrogen (secondary N) is 1. The molecule has 0 aliphatic rings. The van der Waals surface area contributed by atoms with Gasteiger partial charge in [0.1, 0.15) is 6.61 Å². The Morgan fingerprint density at radius 3 is 2.63 bits per heavy atom. The number of hydrogen-bond acceptors (Lipinski definition) is 3. The number of allylic oxidation sites excluding steroid dienone is 1. The van der Waals surface area contributed by atoms with Gasteiger partial charge in [0, 0.05) is 12.6 Å². The first-order valence-electron chi connectivity index (χ1n) is 6.90. The van der Waals surface area contributed by atoms with E-state index in [1.807, 2.05) is 38.1 Å². The fourth-order valence-corrected chi connectivity index (χ4v) is 1.61. The van der Waals surface area contributed by atoms with Crippen molar-refractivity contribution in [2.75, 3.05) is 13.2 Å². The molecule has 0 bridgehead atoms. The molecule has 0 aromatic heterocycles. The second-order valence-electron chi connectivity index (χ2n) is 4.63. The predicted molar refractivity (Wildman–Crippen MR) is 79.9 cm³/mol. The van der Waals surface area contributed by atoms with Crippen LogP contribution in [0.5, 0.6) is 11.5 Å². The minimum absolute atomic E-state index is 0.473. The third-order valence-electron chi connectivity index (χ3n) is 2.59. The molecule has 0 fully saturated rings. The van der Waals surface area contributed by atoms with E-state index in [4.69, 9.17) is 9.47 Å². The first-order chi connectivity index (χ1) is 9.17. The lowest BCUT2D eigenvalue weighted by Crippen LogP contribution is -2.21. The fourth-order valence-electron chi connectivity index (χ4n) is 1.61. The molecule has 1 aromatic rings. The predicted octanol–water partition coefficient (Wildman–Crippen LogP) is 3.54. The molecule has 0 atom stereocenters. The zero-order valence-electron chi connectivity index (χ0n) is 12.4. The molecule has 3 heteroatoms. The molecule has 19 heavy (non-hydrogen) atoms. The molecule has 0 saturated carbocycles. The standard InChI is InChI=1S/C16H25NO2/c1-5-7-10-19-15-9-8-14(12-17-13(3)4)11-16(15)18-6-2/h5,7-9,11,13,17H,6,10,12H2,1-4H3/b7-5+. The lowest BCUT2D eigenvalue weighted by molar-refractivity contribution is 0.296. The van der Waals surface area contributed by atoms with Gasteiger partial charge in [-0.15, -0.1) is 0 Å². The molecule has 0 aliphatic carbocycles. The Morgan fingerprint density at radius 2 is 2.00 bits per heavy atom. The van der Waals surface area contributed by atoms with Gasteiger partial charge in [-0.05, 0) is 31.5 Å². The topological polar surface area (TPSA) is 30.5 Å². The average Bonchev–Trinajstić information content (AvgIpc) is 2.39. The van der Waals surface area contributed by atoms with Gasteiger partial charge < -0.3 is 14.8 Å². The van der Waals surface area contributed by atoms with Crippen LogP contribution in [-0.2, 0) is 6.54 Å². The Balaban J connectivity index is 2.75. The highest BCUT2D eigenvalue weighted by Crippen LogP contribution is 2.28. The van der Waals surface area contributed by atoms with Crippen molar-refractivity contribution in [3.05, 3.63) is 35.9 Å². The van der Waals surface area contributed by atoms with E-state index < -0.39 is 0 Å². The van der Waals surface area contributed by atoms with Gasteiger partial charge in [-0.2, -0.15) is 0 Å². The van der Waals surface area contributed by atoms with E-state index in [-0.39, 0.29) is 0 Å². The second kappa shape index (κ2) is 8.59. The molecular formula is C16H25NO2. The summed E-state index contributed by atoms with van der Waals surface area (Å²) in [4.78, 5) is 0. The van der Waals surface area contributed by atoms with E-state index >= 15 is 0 Å². The molecule has 1 N–H and O–H groups in total. The summed E-state index contributed by atoms with van der Waals surface area (Å²) in [5.41, 5.74) is 1.20. The van der Waals surface area contributed by atoms with Crippen LogP contribution in [0.25, 0.3) is 0 Å². The summed E-state index contributed by atoms with van der Waals surface area (Å²) in [6.07, 6.45) is 3.95. The molecular weight excluding hydrogens is 238 g/mol. The lowest BCUT2D eigenvalue weighted by atomic mass is 10.2. The molecule has 106 valence electrons. The molecule has 0 saturated heterocycles. The van der Waals surface area contributed by atoms with Gasteiger partial charge in [0.2, 0.25) is 0 Å². The van der Waals surface area contributed by atoms with Crippen molar-refractivity contribution >= 4 is 0 Å². The average molecular weight is 263 g/mol. The van der Waals surface area contributed by atoms with E-state index in [0.29, 0.717) is 19.3 Å². The maximum absolute atomic E-state index is 5.68. The minimum atomic E-state index is 0.473. The van der Waals surface area contributed by atoms with Gasteiger partial charge in [0.05, 0.1) is 6.61 Å². The van der Waals surface area contributed by atoms with Crippen molar-refractivity contribution < 1.29 is 9.47 Å². The first-order valence-corrected chi connectivity index (χ1v) is 6.90. The maximum Gasteiger partial charge on any atom is 0.161 e. The second-order valence-corrected chi connectivity index (χ2v) is 4.63. The zero-order chi connectivity index (χ0) is 14.1. The molecule has 0 unspecified atom stereocenters. The van der Waals surface area contributed by atoms with Gasteiger partial charge in [-0.25, -0.2) is 0 Å². The van der Waals surface area contributed by atoms with Gasteiger partial charge in [0.15, 0.2) is 11.5 Å². The lowest BCUT2D eigenvalue weighted by Gasteiger charge is -2.13. The largest absolute Gasteiger partial charge is 0.490 e. The highest BCUT2D eigenvalue weighted by Gasteiger charge is 2.06. The van der Waals surface area contributed by atoms with E-state index in [2.05, 4.69) is 25.2 Å². The van der Waals surface area contributed by atoms with Crippen molar-refractivity contribution in [1.29, 1.82) is 0 Å². The smallest absolute Gasteiger partial charge is 0.161 e. The monoisotopic (exact) mass is 263 g/mol. The molecule has 1 aromatic carbocycles. The zero-order valence-corrected chi connectivity index (χ0v) is 12.4. The Bertz CT molecular complexity index is 400. The molecule has 0 aliphatic heterocycles. The highest BCUT2D eigenvalue weighted by molar-refractivity contribution is 5.43. The van der Waals surface area contributed by atoms with Gasteiger partial charge in [-0.3, -0.25) is 0 Å². The van der Waals surface area contributed by atoms with E-state index in [1.165, 1.54) is 5.56 Å². The van der Waals surface area contributed by atoms with Crippen LogP contribution in [0.2, 0.25) is 0 Å². The van der Waals surface area contributed by atoms with Crippen molar-refractivity contribution in [2.45, 2.75) is 40.3 Å². The number of ether oxygens (including phenoxy) is 2. The number of benzene rings is 1. The van der Waals surface area contributed by atoms with Crippen molar-refractivity contribution in [3.8, 4) is 11.5 Å². The summed E-state index contributed by atoms with van der Waals surface area (Å²) in [7, 11) is 0. The number of rotatable bonds is 8. The van der Waals surface area contributed by atoms with Crippen LogP contribution in [-0.4, -0.2) is 19.3 Å². The summed E-state index contributed by atoms with van der Waals surface area (Å²) in [5, 5.41) is 3.40. The summed E-state index contributed by atoms with van der Waals surface area (Å²) >= 11 is 0. The highest BCUT2D eigenvalue weighted by atomic mass is 16.5. The summed E-state index contributed by atoms with van der Waals surface area (Å²) < 4.78 is 11.3. The van der Waals surface area contributed by atoms with Crippen LogP contribution in [0.1, 0.15) is 33.3 Å².